The lowest BCUT2D eigenvalue weighted by molar-refractivity contribution is -0.158. The molecule has 2 aliphatic rings. The van der Waals surface area contributed by atoms with E-state index in [-0.39, 0.29) is 24.4 Å². The van der Waals surface area contributed by atoms with Gasteiger partial charge in [0.2, 0.25) is 11.7 Å². The van der Waals surface area contributed by atoms with E-state index in [1.807, 2.05) is 42.5 Å². The molecular weight excluding hydrogens is 522 g/mol. The average Bonchev–Trinajstić information content (AvgIpc) is 3.03. The van der Waals surface area contributed by atoms with Gasteiger partial charge in [0.15, 0.2) is 11.5 Å². The molecule has 1 heterocycles. The molecule has 224 valence electrons. The van der Waals surface area contributed by atoms with E-state index in [0.717, 1.165) is 49.7 Å². The van der Waals surface area contributed by atoms with Crippen molar-refractivity contribution in [2.45, 2.75) is 76.4 Å². The molecule has 0 N–H and O–H groups in total. The summed E-state index contributed by atoms with van der Waals surface area (Å²) < 4.78 is 28.2. The first kappa shape index (κ1) is 30.7. The molecule has 8 nitrogen and oxygen atoms in total. The van der Waals surface area contributed by atoms with Gasteiger partial charge in [0.25, 0.3) is 0 Å². The molecule has 8 heteroatoms. The van der Waals surface area contributed by atoms with E-state index < -0.39 is 12.0 Å². The standard InChI is InChI=1S/C33H45NO7/c1-37-28-21-26(22-29(38-2)31(28)39-3)30(25-15-8-5-9-16-25)32(35)34-18-11-10-17-27(34)33(36)41-20-12-19-40-23-24-13-6-4-7-14-24/h4,6-7,13-14,21-22,25,27,30H,5,8-12,15-20,23H2,1-3H3. The van der Waals surface area contributed by atoms with Crippen LogP contribution in [0.3, 0.4) is 0 Å². The van der Waals surface area contributed by atoms with Crippen molar-refractivity contribution in [2.24, 2.45) is 5.92 Å². The Balaban J connectivity index is 1.45. The minimum Gasteiger partial charge on any atom is -0.493 e. The van der Waals surface area contributed by atoms with Gasteiger partial charge < -0.3 is 28.6 Å². The summed E-state index contributed by atoms with van der Waals surface area (Å²) in [6.07, 6.45) is 8.29. The summed E-state index contributed by atoms with van der Waals surface area (Å²) in [5, 5.41) is 0. The van der Waals surface area contributed by atoms with Gasteiger partial charge >= 0.3 is 5.97 Å². The first-order valence-corrected chi connectivity index (χ1v) is 15.0. The fourth-order valence-electron chi connectivity index (χ4n) is 6.18. The van der Waals surface area contributed by atoms with Gasteiger partial charge in [-0.3, -0.25) is 4.79 Å². The van der Waals surface area contributed by atoms with E-state index in [0.29, 0.717) is 49.8 Å². The van der Waals surface area contributed by atoms with Crippen molar-refractivity contribution in [1.29, 1.82) is 0 Å². The number of hydrogen-bond acceptors (Lipinski definition) is 7. The zero-order valence-corrected chi connectivity index (χ0v) is 24.8. The molecule has 1 aliphatic heterocycles. The Labute approximate surface area is 244 Å². The quantitative estimate of drug-likeness (QED) is 0.220. The third-order valence-electron chi connectivity index (χ3n) is 8.28. The topological polar surface area (TPSA) is 83.5 Å². The number of esters is 1. The Morgan fingerprint density at radius 2 is 1.54 bits per heavy atom. The molecule has 0 spiro atoms. The van der Waals surface area contributed by atoms with Crippen molar-refractivity contribution in [2.75, 3.05) is 41.1 Å². The maximum Gasteiger partial charge on any atom is 0.328 e. The van der Waals surface area contributed by atoms with Crippen LogP contribution in [0.25, 0.3) is 0 Å². The predicted octanol–water partition coefficient (Wildman–Crippen LogP) is 5.91. The highest BCUT2D eigenvalue weighted by Crippen LogP contribution is 2.45. The van der Waals surface area contributed by atoms with Gasteiger partial charge in [-0.2, -0.15) is 0 Å². The molecule has 41 heavy (non-hydrogen) atoms. The first-order valence-electron chi connectivity index (χ1n) is 15.0. The van der Waals surface area contributed by atoms with Crippen molar-refractivity contribution in [3.8, 4) is 17.2 Å². The molecule has 2 aromatic rings. The molecule has 0 bridgehead atoms. The highest BCUT2D eigenvalue weighted by atomic mass is 16.5. The smallest absolute Gasteiger partial charge is 0.328 e. The number of carbonyl (C=O) groups is 2. The van der Waals surface area contributed by atoms with Crippen molar-refractivity contribution in [1.82, 2.24) is 4.90 Å². The van der Waals surface area contributed by atoms with Gasteiger partial charge in [0.05, 0.1) is 47.1 Å². The van der Waals surface area contributed by atoms with Crippen molar-refractivity contribution in [3.63, 3.8) is 0 Å². The van der Waals surface area contributed by atoms with E-state index in [2.05, 4.69) is 0 Å². The van der Waals surface area contributed by atoms with Gasteiger partial charge in [-0.25, -0.2) is 4.79 Å². The zero-order valence-electron chi connectivity index (χ0n) is 24.8. The predicted molar refractivity (Wildman–Crippen MR) is 156 cm³/mol. The molecule has 2 aromatic carbocycles. The summed E-state index contributed by atoms with van der Waals surface area (Å²) in [5.41, 5.74) is 1.95. The highest BCUT2D eigenvalue weighted by molar-refractivity contribution is 5.89. The second-order valence-corrected chi connectivity index (χ2v) is 10.9. The number of carbonyl (C=O) groups excluding carboxylic acids is 2. The Morgan fingerprint density at radius 1 is 0.854 bits per heavy atom. The average molecular weight is 568 g/mol. The number of methoxy groups -OCH3 is 3. The van der Waals surface area contributed by atoms with Crippen LogP contribution in [0.5, 0.6) is 17.2 Å². The molecule has 4 rings (SSSR count). The molecule has 1 aliphatic carbocycles. The van der Waals surface area contributed by atoms with Crippen LogP contribution in [0.2, 0.25) is 0 Å². The maximum atomic E-state index is 14.4. The Kier molecular flexibility index (Phi) is 11.7. The second-order valence-electron chi connectivity index (χ2n) is 10.9. The van der Waals surface area contributed by atoms with E-state index in [1.54, 1.807) is 26.2 Å². The molecule has 1 amide bonds. The number of rotatable bonds is 13. The third kappa shape index (κ3) is 7.94. The molecule has 1 saturated carbocycles. The largest absolute Gasteiger partial charge is 0.493 e. The van der Waals surface area contributed by atoms with Crippen LogP contribution in [0, 0.1) is 5.92 Å². The number of hydrogen-bond donors (Lipinski definition) is 0. The minimum absolute atomic E-state index is 0.0148. The number of benzene rings is 2. The molecule has 0 aromatic heterocycles. The van der Waals surface area contributed by atoms with Crippen LogP contribution in [0.1, 0.15) is 74.8 Å². The number of piperidine rings is 1. The van der Waals surface area contributed by atoms with Crippen LogP contribution >= 0.6 is 0 Å². The molecule has 2 unspecified atom stereocenters. The van der Waals surface area contributed by atoms with Crippen LogP contribution in [0.15, 0.2) is 42.5 Å². The number of amides is 1. The number of likely N-dealkylation sites (tertiary alicyclic amines) is 1. The normalized spacial score (nSPS) is 18.4. The number of ether oxygens (including phenoxy) is 5. The van der Waals surface area contributed by atoms with Gasteiger partial charge in [-0.15, -0.1) is 0 Å². The summed E-state index contributed by atoms with van der Waals surface area (Å²) in [5.74, 6) is 0.996. The molecule has 2 fully saturated rings. The van der Waals surface area contributed by atoms with Crippen LogP contribution in [-0.2, 0) is 25.7 Å². The lowest BCUT2D eigenvalue weighted by atomic mass is 9.75. The first-order chi connectivity index (χ1) is 20.1. The van der Waals surface area contributed by atoms with Gasteiger partial charge in [-0.05, 0) is 61.3 Å². The summed E-state index contributed by atoms with van der Waals surface area (Å²) in [6.45, 7) is 1.85. The summed E-state index contributed by atoms with van der Waals surface area (Å²) in [4.78, 5) is 29.5. The van der Waals surface area contributed by atoms with E-state index in [9.17, 15) is 9.59 Å². The SMILES string of the molecule is COc1cc(C(C(=O)N2CCCCC2C(=O)OCCCOCc2ccccc2)C2CCCCC2)cc(OC)c1OC. The highest BCUT2D eigenvalue weighted by Gasteiger charge is 2.40. The van der Waals surface area contributed by atoms with Gasteiger partial charge in [0.1, 0.15) is 6.04 Å². The van der Waals surface area contributed by atoms with E-state index in [4.69, 9.17) is 23.7 Å². The Morgan fingerprint density at radius 3 is 2.20 bits per heavy atom. The molecule has 1 saturated heterocycles. The van der Waals surface area contributed by atoms with Gasteiger partial charge in [-0.1, -0.05) is 49.6 Å². The lowest BCUT2D eigenvalue weighted by Gasteiger charge is -2.39. The van der Waals surface area contributed by atoms with Crippen LogP contribution < -0.4 is 14.2 Å². The fourth-order valence-corrected chi connectivity index (χ4v) is 6.18. The maximum absolute atomic E-state index is 14.4. The van der Waals surface area contributed by atoms with Crippen molar-refractivity contribution < 1.29 is 33.3 Å². The van der Waals surface area contributed by atoms with E-state index >= 15 is 0 Å². The van der Waals surface area contributed by atoms with E-state index in [1.165, 1.54) is 6.42 Å². The zero-order chi connectivity index (χ0) is 29.0. The Bertz CT molecular complexity index is 1090. The van der Waals surface area contributed by atoms with Crippen LogP contribution in [0.4, 0.5) is 0 Å². The summed E-state index contributed by atoms with van der Waals surface area (Å²) >= 11 is 0. The number of nitrogens with zero attached hydrogens (tertiary/aromatic N) is 1. The van der Waals surface area contributed by atoms with Crippen molar-refractivity contribution in [3.05, 3.63) is 53.6 Å². The second kappa shape index (κ2) is 15.7. The monoisotopic (exact) mass is 567 g/mol. The molecular formula is C33H45NO7. The van der Waals surface area contributed by atoms with Gasteiger partial charge in [0, 0.05) is 13.0 Å². The summed E-state index contributed by atoms with van der Waals surface area (Å²) in [6, 6.07) is 13.2. The molecule has 0 radical (unpaired) electrons. The third-order valence-corrected chi connectivity index (χ3v) is 8.28. The van der Waals surface area contributed by atoms with Crippen LogP contribution in [-0.4, -0.2) is 63.9 Å². The van der Waals surface area contributed by atoms with Crippen molar-refractivity contribution >= 4 is 11.9 Å². The lowest BCUT2D eigenvalue weighted by Crippen LogP contribution is -2.51. The minimum atomic E-state index is -0.574. The molecule has 2 atom stereocenters. The fraction of sp³-hybridized carbons (Fsp3) is 0.576. The summed E-state index contributed by atoms with van der Waals surface area (Å²) in [7, 11) is 4.74. The Hall–Kier alpha value is -3.26.